The molecule has 0 bridgehead atoms. The summed E-state index contributed by atoms with van der Waals surface area (Å²) in [4.78, 5) is 7.21. The van der Waals surface area contributed by atoms with E-state index in [1.54, 1.807) is 0 Å². The van der Waals surface area contributed by atoms with Gasteiger partial charge in [-0.25, -0.2) is 9.97 Å². The average molecular weight is 344 g/mol. The Morgan fingerprint density at radius 3 is 2.73 bits per heavy atom. The minimum Gasteiger partial charge on any atom is -0.486 e. The second-order valence-corrected chi connectivity index (χ2v) is 5.97. The topological polar surface area (TPSA) is 111 Å². The van der Waals surface area contributed by atoms with E-state index in [9.17, 15) is 13.0 Å². The summed E-state index contributed by atoms with van der Waals surface area (Å²) in [5.41, 5.74) is 0.0847. The molecule has 116 valence electrons. The van der Waals surface area contributed by atoms with Crippen molar-refractivity contribution in [2.75, 3.05) is 18.5 Å². The molecule has 0 atom stereocenters. The van der Waals surface area contributed by atoms with Crippen molar-refractivity contribution in [2.45, 2.75) is 4.90 Å². The van der Waals surface area contributed by atoms with Gasteiger partial charge in [0, 0.05) is 6.20 Å². The third-order valence-electron chi connectivity index (χ3n) is 2.81. The van der Waals surface area contributed by atoms with Gasteiger partial charge >= 0.3 is 0 Å². The molecule has 0 amide bonds. The lowest BCUT2D eigenvalue weighted by atomic mass is 10.2. The van der Waals surface area contributed by atoms with Crippen LogP contribution in [0.1, 0.15) is 0 Å². The van der Waals surface area contributed by atoms with E-state index >= 15 is 0 Å². The number of fused-ring (bicyclic) bond motifs is 1. The zero-order valence-electron chi connectivity index (χ0n) is 11.0. The maximum Gasteiger partial charge on any atom is 0.300 e. The number of benzene rings is 1. The molecule has 0 saturated heterocycles. The van der Waals surface area contributed by atoms with Gasteiger partial charge in [-0.3, -0.25) is 4.55 Å². The summed E-state index contributed by atoms with van der Waals surface area (Å²) < 4.78 is 43.5. The van der Waals surface area contributed by atoms with Crippen LogP contribution in [0, 0.1) is 0 Å². The van der Waals surface area contributed by atoms with E-state index in [-0.39, 0.29) is 34.9 Å². The highest BCUT2D eigenvalue weighted by atomic mass is 35.5. The van der Waals surface area contributed by atoms with Gasteiger partial charge in [-0.2, -0.15) is 8.42 Å². The van der Waals surface area contributed by atoms with Crippen molar-refractivity contribution in [3.63, 3.8) is 0 Å². The number of halogens is 1. The van der Waals surface area contributed by atoms with E-state index in [1.165, 1.54) is 24.4 Å². The first-order valence-electron chi connectivity index (χ1n) is 6.11. The Morgan fingerprint density at radius 2 is 2.00 bits per heavy atom. The summed E-state index contributed by atoms with van der Waals surface area (Å²) in [6, 6.07) is 4.47. The quantitative estimate of drug-likeness (QED) is 0.642. The van der Waals surface area contributed by atoms with Gasteiger partial charge in [0.05, 0.1) is 5.69 Å². The monoisotopic (exact) mass is 343 g/mol. The van der Waals surface area contributed by atoms with Crippen LogP contribution >= 0.6 is 11.6 Å². The number of nitrogens with zero attached hydrogens (tertiary/aromatic N) is 2. The van der Waals surface area contributed by atoms with E-state index < -0.39 is 15.0 Å². The molecule has 1 aliphatic heterocycles. The molecule has 8 nitrogen and oxygen atoms in total. The first kappa shape index (κ1) is 14.8. The fourth-order valence-electron chi connectivity index (χ4n) is 1.99. The molecule has 3 rings (SSSR count). The van der Waals surface area contributed by atoms with Crippen LogP contribution in [-0.2, 0) is 10.1 Å². The van der Waals surface area contributed by atoms with Crippen LogP contribution in [0.4, 0.5) is 11.5 Å². The molecule has 1 aliphatic rings. The molecular weight excluding hydrogens is 334 g/mol. The largest absolute Gasteiger partial charge is 0.486 e. The first-order valence-corrected chi connectivity index (χ1v) is 7.92. The molecule has 2 heterocycles. The van der Waals surface area contributed by atoms with Gasteiger partial charge in [0.1, 0.15) is 19.0 Å². The predicted octanol–water partition coefficient (Wildman–Crippen LogP) is 1.89. The molecule has 0 spiro atoms. The summed E-state index contributed by atoms with van der Waals surface area (Å²) in [5, 5.41) is 2.76. The summed E-state index contributed by atoms with van der Waals surface area (Å²) in [7, 11) is -4.55. The zero-order chi connectivity index (χ0) is 15.7. The Morgan fingerprint density at radius 1 is 1.23 bits per heavy atom. The summed E-state index contributed by atoms with van der Waals surface area (Å²) in [5.74, 6) is 0.464. The number of aromatic nitrogens is 2. The highest BCUT2D eigenvalue weighted by Crippen LogP contribution is 2.41. The van der Waals surface area contributed by atoms with E-state index in [0.717, 1.165) is 0 Å². The van der Waals surface area contributed by atoms with Crippen LogP contribution in [0.2, 0.25) is 5.28 Å². The maximum atomic E-state index is 11.7. The van der Waals surface area contributed by atoms with Gasteiger partial charge in [0.2, 0.25) is 5.28 Å². The van der Waals surface area contributed by atoms with Crippen LogP contribution < -0.4 is 14.8 Å². The lowest BCUT2D eigenvalue weighted by molar-refractivity contribution is 0.167. The van der Waals surface area contributed by atoms with Crippen LogP contribution in [0.5, 0.6) is 11.5 Å². The Labute approximate surface area is 130 Å². The van der Waals surface area contributed by atoms with Crippen LogP contribution in [-0.4, -0.2) is 36.2 Å². The minimum absolute atomic E-state index is 0.00375. The molecule has 22 heavy (non-hydrogen) atoms. The van der Waals surface area contributed by atoms with Crippen molar-refractivity contribution >= 4 is 33.2 Å². The standard InChI is InChI=1S/C12H10ClN3O5S/c13-12-14-4-3-9(16-12)15-7-1-2-8-10(21-6-5-20-8)11(7)22(17,18)19/h1-4H,5-6H2,(H,14,15,16)(H,17,18,19). The summed E-state index contributed by atoms with van der Waals surface area (Å²) >= 11 is 5.68. The second-order valence-electron chi connectivity index (χ2n) is 4.28. The highest BCUT2D eigenvalue weighted by Gasteiger charge is 2.28. The lowest BCUT2D eigenvalue weighted by Gasteiger charge is -2.22. The molecule has 0 radical (unpaired) electrons. The van der Waals surface area contributed by atoms with Crippen molar-refractivity contribution in [3.05, 3.63) is 29.7 Å². The molecule has 0 fully saturated rings. The number of anilines is 2. The minimum atomic E-state index is -4.55. The second kappa shape index (κ2) is 5.59. The smallest absolute Gasteiger partial charge is 0.300 e. The Kier molecular flexibility index (Phi) is 3.77. The SMILES string of the molecule is O=S(=O)(O)c1c(Nc2ccnc(Cl)n2)ccc2c1OCCO2. The van der Waals surface area contributed by atoms with E-state index in [0.29, 0.717) is 6.61 Å². The Hall–Kier alpha value is -2.10. The third-order valence-corrected chi connectivity index (χ3v) is 3.91. The van der Waals surface area contributed by atoms with Crippen LogP contribution in [0.3, 0.4) is 0 Å². The van der Waals surface area contributed by atoms with Crippen molar-refractivity contribution < 1.29 is 22.4 Å². The number of hydrogen-bond acceptors (Lipinski definition) is 7. The van der Waals surface area contributed by atoms with E-state index in [2.05, 4.69) is 15.3 Å². The van der Waals surface area contributed by atoms with Crippen LogP contribution in [0.25, 0.3) is 0 Å². The van der Waals surface area contributed by atoms with Crippen molar-refractivity contribution in [2.24, 2.45) is 0 Å². The Balaban J connectivity index is 2.11. The number of nitrogens with one attached hydrogen (secondary N) is 1. The lowest BCUT2D eigenvalue weighted by Crippen LogP contribution is -2.18. The van der Waals surface area contributed by atoms with Gasteiger partial charge in [-0.15, -0.1) is 0 Å². The molecule has 2 aromatic rings. The van der Waals surface area contributed by atoms with Gasteiger partial charge in [-0.1, -0.05) is 0 Å². The molecule has 1 aromatic carbocycles. The average Bonchev–Trinajstić information content (AvgIpc) is 2.45. The fraction of sp³-hybridized carbons (Fsp3) is 0.167. The van der Waals surface area contributed by atoms with E-state index in [4.69, 9.17) is 21.1 Å². The van der Waals surface area contributed by atoms with Crippen molar-refractivity contribution in [3.8, 4) is 11.5 Å². The molecule has 10 heteroatoms. The van der Waals surface area contributed by atoms with Crippen molar-refractivity contribution in [1.82, 2.24) is 9.97 Å². The van der Waals surface area contributed by atoms with Gasteiger partial charge in [-0.05, 0) is 29.8 Å². The maximum absolute atomic E-state index is 11.7. The van der Waals surface area contributed by atoms with E-state index in [1.807, 2.05) is 0 Å². The zero-order valence-corrected chi connectivity index (χ0v) is 12.6. The molecule has 0 aliphatic carbocycles. The van der Waals surface area contributed by atoms with Crippen LogP contribution in [0.15, 0.2) is 29.3 Å². The first-order chi connectivity index (χ1) is 10.4. The van der Waals surface area contributed by atoms with Gasteiger partial charge in [0.25, 0.3) is 10.1 Å². The number of rotatable bonds is 3. The third kappa shape index (κ3) is 2.91. The summed E-state index contributed by atoms with van der Waals surface area (Å²) in [6.45, 7) is 0.477. The van der Waals surface area contributed by atoms with Gasteiger partial charge in [0.15, 0.2) is 16.4 Å². The van der Waals surface area contributed by atoms with Crippen molar-refractivity contribution in [1.29, 1.82) is 0 Å². The fourth-order valence-corrected chi connectivity index (χ4v) is 2.93. The number of hydrogen-bond donors (Lipinski definition) is 2. The molecule has 0 saturated carbocycles. The van der Waals surface area contributed by atoms with Gasteiger partial charge < -0.3 is 14.8 Å². The molecule has 2 N–H and O–H groups in total. The molecule has 1 aromatic heterocycles. The highest BCUT2D eigenvalue weighted by molar-refractivity contribution is 7.86. The normalized spacial score (nSPS) is 13.7. The predicted molar refractivity (Wildman–Crippen MR) is 77.6 cm³/mol. The summed E-state index contributed by atoms with van der Waals surface area (Å²) in [6.07, 6.45) is 1.41. The molecule has 0 unspecified atom stereocenters. The molecular formula is C12H10ClN3O5S. The Bertz CT molecular complexity index is 828. The number of ether oxygens (including phenoxy) is 2.